The number of hydrogen-bond donors (Lipinski definition) is 1. The van der Waals surface area contributed by atoms with Gasteiger partial charge in [-0.05, 0) is 25.8 Å². The van der Waals surface area contributed by atoms with Gasteiger partial charge in [0.1, 0.15) is 0 Å². The Morgan fingerprint density at radius 1 is 1.67 bits per heavy atom. The summed E-state index contributed by atoms with van der Waals surface area (Å²) >= 11 is 1.75. The minimum atomic E-state index is 0.388. The quantitative estimate of drug-likeness (QED) is 0.797. The van der Waals surface area contributed by atoms with Crippen molar-refractivity contribution in [1.29, 1.82) is 0 Å². The van der Waals surface area contributed by atoms with Crippen LogP contribution in [0.1, 0.15) is 33.1 Å². The van der Waals surface area contributed by atoms with Crippen molar-refractivity contribution in [3.8, 4) is 0 Å². The Bertz CT molecular complexity index is 333. The topological polar surface area (TPSA) is 27.6 Å². The molecule has 2 aliphatic rings. The molecule has 2 rings (SSSR count). The standard InChI is InChI=1S/C11H17N3S/c1-4-5-6-10-7-8(2)14-11(12-10)15-9(3)13-14/h7,9,13H,2,4-6H2,1,3H3. The van der Waals surface area contributed by atoms with Gasteiger partial charge in [-0.3, -0.25) is 5.01 Å². The summed E-state index contributed by atoms with van der Waals surface area (Å²) in [4.78, 5) is 4.63. The van der Waals surface area contributed by atoms with E-state index in [1.807, 2.05) is 5.01 Å². The average Bonchev–Trinajstić information content (AvgIpc) is 2.56. The molecule has 82 valence electrons. The minimum absolute atomic E-state index is 0.388. The Kier molecular flexibility index (Phi) is 3.17. The van der Waals surface area contributed by atoms with E-state index < -0.39 is 0 Å². The zero-order valence-electron chi connectivity index (χ0n) is 9.29. The van der Waals surface area contributed by atoms with Crippen LogP contribution in [0.3, 0.4) is 0 Å². The van der Waals surface area contributed by atoms with Crippen molar-refractivity contribution in [3.05, 3.63) is 24.0 Å². The van der Waals surface area contributed by atoms with Gasteiger partial charge in [0.2, 0.25) is 0 Å². The van der Waals surface area contributed by atoms with Crippen molar-refractivity contribution in [1.82, 2.24) is 10.4 Å². The van der Waals surface area contributed by atoms with E-state index >= 15 is 0 Å². The summed E-state index contributed by atoms with van der Waals surface area (Å²) in [7, 11) is 0. The van der Waals surface area contributed by atoms with Crippen molar-refractivity contribution in [3.63, 3.8) is 0 Å². The number of hydrazine groups is 1. The highest BCUT2D eigenvalue weighted by Crippen LogP contribution is 2.30. The summed E-state index contributed by atoms with van der Waals surface area (Å²) in [5.74, 6) is 0. The molecule has 0 amide bonds. The second-order valence-corrected chi connectivity index (χ2v) is 5.16. The van der Waals surface area contributed by atoms with E-state index in [1.54, 1.807) is 11.8 Å². The zero-order chi connectivity index (χ0) is 10.8. The van der Waals surface area contributed by atoms with Crippen LogP contribution < -0.4 is 5.43 Å². The maximum absolute atomic E-state index is 4.63. The van der Waals surface area contributed by atoms with Crippen LogP contribution in [-0.2, 0) is 0 Å². The third-order valence-corrected chi connectivity index (χ3v) is 3.37. The van der Waals surface area contributed by atoms with Gasteiger partial charge in [0.05, 0.1) is 11.1 Å². The Balaban J connectivity index is 2.10. The summed E-state index contributed by atoms with van der Waals surface area (Å²) < 4.78 is 0. The van der Waals surface area contributed by atoms with Gasteiger partial charge in [-0.25, -0.2) is 10.4 Å². The molecule has 3 nitrogen and oxygen atoms in total. The molecule has 2 heterocycles. The molecule has 0 aliphatic carbocycles. The lowest BCUT2D eigenvalue weighted by molar-refractivity contribution is 0.399. The van der Waals surface area contributed by atoms with Crippen LogP contribution in [0.5, 0.6) is 0 Å². The van der Waals surface area contributed by atoms with Crippen LogP contribution in [0.15, 0.2) is 29.0 Å². The summed E-state index contributed by atoms with van der Waals surface area (Å²) in [6.07, 6.45) is 5.54. The third kappa shape index (κ3) is 2.26. The van der Waals surface area contributed by atoms with Gasteiger partial charge in [-0.1, -0.05) is 31.7 Å². The number of amidine groups is 1. The fourth-order valence-corrected chi connectivity index (χ4v) is 2.57. The summed E-state index contributed by atoms with van der Waals surface area (Å²) in [6.45, 7) is 8.37. The summed E-state index contributed by atoms with van der Waals surface area (Å²) in [5.41, 5.74) is 5.47. The highest BCUT2D eigenvalue weighted by Gasteiger charge is 2.29. The molecule has 15 heavy (non-hydrogen) atoms. The van der Waals surface area contributed by atoms with Crippen LogP contribution in [0.25, 0.3) is 0 Å². The number of aliphatic imine (C=N–C) groups is 1. The molecule has 0 aromatic heterocycles. The number of unbranched alkanes of at least 4 members (excludes halogenated alkanes) is 1. The van der Waals surface area contributed by atoms with Gasteiger partial charge in [-0.15, -0.1) is 0 Å². The number of rotatable bonds is 3. The number of nitrogens with one attached hydrogen (secondary N) is 1. The van der Waals surface area contributed by atoms with E-state index in [2.05, 4.69) is 36.9 Å². The molecule has 1 atom stereocenters. The lowest BCUT2D eigenvalue weighted by atomic mass is 10.2. The van der Waals surface area contributed by atoms with Gasteiger partial charge in [0.25, 0.3) is 0 Å². The molecule has 0 radical (unpaired) electrons. The maximum Gasteiger partial charge on any atom is 0.184 e. The Morgan fingerprint density at radius 2 is 2.47 bits per heavy atom. The monoisotopic (exact) mass is 223 g/mol. The van der Waals surface area contributed by atoms with E-state index in [0.29, 0.717) is 5.37 Å². The average molecular weight is 223 g/mol. The van der Waals surface area contributed by atoms with E-state index in [1.165, 1.54) is 12.8 Å². The fraction of sp³-hybridized carbons (Fsp3) is 0.545. The number of hydrogen-bond acceptors (Lipinski definition) is 4. The highest BCUT2D eigenvalue weighted by atomic mass is 32.2. The van der Waals surface area contributed by atoms with Crippen molar-refractivity contribution in [2.75, 3.05) is 0 Å². The third-order valence-electron chi connectivity index (χ3n) is 2.43. The first-order valence-electron chi connectivity index (χ1n) is 5.42. The molecule has 0 spiro atoms. The first kappa shape index (κ1) is 10.8. The zero-order valence-corrected chi connectivity index (χ0v) is 10.1. The van der Waals surface area contributed by atoms with Gasteiger partial charge >= 0.3 is 0 Å². The van der Waals surface area contributed by atoms with Gasteiger partial charge < -0.3 is 0 Å². The van der Waals surface area contributed by atoms with Crippen LogP contribution in [0.4, 0.5) is 0 Å². The fourth-order valence-electron chi connectivity index (χ4n) is 1.65. The van der Waals surface area contributed by atoms with Crippen molar-refractivity contribution >= 4 is 16.9 Å². The Labute approximate surface area is 95.3 Å². The number of allylic oxidation sites excluding steroid dienone is 2. The van der Waals surface area contributed by atoms with Crippen LogP contribution in [-0.4, -0.2) is 15.6 Å². The largest absolute Gasteiger partial charge is 0.254 e. The van der Waals surface area contributed by atoms with Crippen molar-refractivity contribution in [2.24, 2.45) is 4.99 Å². The number of nitrogens with zero attached hydrogens (tertiary/aromatic N) is 2. The predicted octanol–water partition coefficient (Wildman–Crippen LogP) is 2.84. The van der Waals surface area contributed by atoms with E-state index in [4.69, 9.17) is 0 Å². The molecule has 1 fully saturated rings. The van der Waals surface area contributed by atoms with Gasteiger partial charge in [0.15, 0.2) is 5.17 Å². The summed E-state index contributed by atoms with van der Waals surface area (Å²) in [5, 5.41) is 3.41. The summed E-state index contributed by atoms with van der Waals surface area (Å²) in [6, 6.07) is 0. The second kappa shape index (κ2) is 4.41. The molecule has 0 bridgehead atoms. The van der Waals surface area contributed by atoms with Gasteiger partial charge in [-0.2, -0.15) is 0 Å². The predicted molar refractivity (Wildman–Crippen MR) is 66.2 cm³/mol. The lowest BCUT2D eigenvalue weighted by Crippen LogP contribution is -2.36. The molecule has 1 N–H and O–H groups in total. The Hall–Kier alpha value is -0.740. The first-order chi connectivity index (χ1) is 7.20. The van der Waals surface area contributed by atoms with Crippen LogP contribution >= 0.6 is 11.8 Å². The molecular formula is C11H17N3S. The smallest absolute Gasteiger partial charge is 0.184 e. The molecule has 4 heteroatoms. The second-order valence-electron chi connectivity index (χ2n) is 3.85. The molecule has 1 saturated heterocycles. The Morgan fingerprint density at radius 3 is 3.20 bits per heavy atom. The van der Waals surface area contributed by atoms with E-state index in [9.17, 15) is 0 Å². The molecule has 0 aromatic carbocycles. The van der Waals surface area contributed by atoms with E-state index in [0.717, 1.165) is 23.0 Å². The molecule has 2 aliphatic heterocycles. The maximum atomic E-state index is 4.63. The van der Waals surface area contributed by atoms with Crippen molar-refractivity contribution < 1.29 is 0 Å². The first-order valence-corrected chi connectivity index (χ1v) is 6.30. The molecule has 1 unspecified atom stereocenters. The molecule has 0 aromatic rings. The van der Waals surface area contributed by atoms with Crippen LogP contribution in [0, 0.1) is 0 Å². The number of thioether (sulfide) groups is 1. The highest BCUT2D eigenvalue weighted by molar-refractivity contribution is 8.14. The SMILES string of the molecule is C=C1C=C(CCCC)N=C2SC(C)NN12. The molecular weight excluding hydrogens is 206 g/mol. The van der Waals surface area contributed by atoms with Crippen LogP contribution in [0.2, 0.25) is 0 Å². The number of fused-ring (bicyclic) bond motifs is 1. The minimum Gasteiger partial charge on any atom is -0.254 e. The lowest BCUT2D eigenvalue weighted by Gasteiger charge is -2.22. The van der Waals surface area contributed by atoms with E-state index in [-0.39, 0.29) is 0 Å². The molecule has 0 saturated carbocycles. The normalized spacial score (nSPS) is 25.1. The van der Waals surface area contributed by atoms with Gasteiger partial charge in [0, 0.05) is 5.70 Å². The van der Waals surface area contributed by atoms with Crippen molar-refractivity contribution in [2.45, 2.75) is 38.5 Å².